The van der Waals surface area contributed by atoms with E-state index in [1.54, 1.807) is 24.1 Å². The van der Waals surface area contributed by atoms with E-state index in [9.17, 15) is 4.79 Å². The summed E-state index contributed by atoms with van der Waals surface area (Å²) < 4.78 is 6.60. The minimum atomic E-state index is 0.00713. The van der Waals surface area contributed by atoms with E-state index in [0.29, 0.717) is 31.3 Å². The number of rotatable bonds is 6. The third kappa shape index (κ3) is 2.82. The van der Waals surface area contributed by atoms with Crippen LogP contribution in [0.15, 0.2) is 12.4 Å². The molecule has 0 aliphatic heterocycles. The molecule has 0 aliphatic carbocycles. The second-order valence-electron chi connectivity index (χ2n) is 2.85. The zero-order valence-corrected chi connectivity index (χ0v) is 8.83. The first-order valence-corrected chi connectivity index (χ1v) is 4.92. The van der Waals surface area contributed by atoms with Gasteiger partial charge >= 0.3 is 0 Å². The number of carbonyl (C=O) groups excluding carboxylic acids is 1. The van der Waals surface area contributed by atoms with E-state index in [-0.39, 0.29) is 5.78 Å². The number of hydrogen-bond acceptors (Lipinski definition) is 3. The molecule has 0 atom stereocenters. The fourth-order valence-corrected chi connectivity index (χ4v) is 1.28. The molecule has 0 fully saturated rings. The third-order valence-corrected chi connectivity index (χ3v) is 2.04. The number of Topliss-reactive ketones (excluding diaryl/α,β-unsaturated/α-hetero) is 1. The summed E-state index contributed by atoms with van der Waals surface area (Å²) in [6.07, 6.45) is 4.43. The average Bonchev–Trinajstić information content (AvgIpc) is 2.63. The number of ether oxygens (including phenoxy) is 1. The van der Waals surface area contributed by atoms with Crippen LogP contribution in [0.2, 0.25) is 0 Å². The van der Waals surface area contributed by atoms with Crippen molar-refractivity contribution in [1.82, 2.24) is 9.55 Å². The van der Waals surface area contributed by atoms with Crippen LogP contribution >= 0.6 is 11.6 Å². The van der Waals surface area contributed by atoms with Crippen LogP contribution in [-0.4, -0.2) is 28.3 Å². The fraction of sp³-hybridized carbons (Fsp3) is 0.556. The maximum Gasteiger partial charge on any atom is 0.198 e. The normalized spacial score (nSPS) is 10.4. The van der Waals surface area contributed by atoms with Crippen molar-refractivity contribution < 1.29 is 9.53 Å². The summed E-state index contributed by atoms with van der Waals surface area (Å²) >= 11 is 5.50. The molecule has 0 spiro atoms. The van der Waals surface area contributed by atoms with Gasteiger partial charge in [-0.2, -0.15) is 0 Å². The summed E-state index contributed by atoms with van der Waals surface area (Å²) in [4.78, 5) is 15.5. The number of ketones is 1. The SMILES string of the molecule is COCn1ccnc1C(=O)CCCCl. The quantitative estimate of drug-likeness (QED) is 0.537. The Kier molecular flexibility index (Phi) is 4.62. The molecule has 0 saturated heterocycles. The maximum absolute atomic E-state index is 11.6. The molecule has 0 N–H and O–H groups in total. The lowest BCUT2D eigenvalue weighted by atomic mass is 10.2. The highest BCUT2D eigenvalue weighted by Gasteiger charge is 2.11. The summed E-state index contributed by atoms with van der Waals surface area (Å²) in [5.41, 5.74) is 0. The fourth-order valence-electron chi connectivity index (χ4n) is 1.14. The highest BCUT2D eigenvalue weighted by molar-refractivity contribution is 6.18. The Bertz CT molecular complexity index is 299. The van der Waals surface area contributed by atoms with Crippen LogP contribution in [0.4, 0.5) is 0 Å². The molecule has 0 amide bonds. The second kappa shape index (κ2) is 5.78. The number of aromatic nitrogens is 2. The van der Waals surface area contributed by atoms with Crippen LogP contribution in [-0.2, 0) is 11.5 Å². The smallest absolute Gasteiger partial charge is 0.198 e. The average molecular weight is 217 g/mol. The van der Waals surface area contributed by atoms with Crippen molar-refractivity contribution in [2.75, 3.05) is 13.0 Å². The lowest BCUT2D eigenvalue weighted by molar-refractivity contribution is 0.0932. The molecule has 0 bridgehead atoms. The van der Waals surface area contributed by atoms with E-state index in [2.05, 4.69) is 4.98 Å². The molecule has 1 aromatic heterocycles. The largest absolute Gasteiger partial charge is 0.364 e. The van der Waals surface area contributed by atoms with Crippen molar-refractivity contribution in [2.45, 2.75) is 19.6 Å². The van der Waals surface area contributed by atoms with Crippen molar-refractivity contribution in [3.05, 3.63) is 18.2 Å². The summed E-state index contributed by atoms with van der Waals surface area (Å²) in [7, 11) is 1.58. The molecule has 4 nitrogen and oxygen atoms in total. The lowest BCUT2D eigenvalue weighted by Crippen LogP contribution is -2.11. The predicted octanol–water partition coefficient (Wildman–Crippen LogP) is 1.69. The Hall–Kier alpha value is -0.870. The Morgan fingerprint density at radius 1 is 1.71 bits per heavy atom. The van der Waals surface area contributed by atoms with Crippen molar-refractivity contribution in [1.29, 1.82) is 0 Å². The van der Waals surface area contributed by atoms with E-state index in [4.69, 9.17) is 16.3 Å². The molecule has 1 aromatic rings. The zero-order valence-electron chi connectivity index (χ0n) is 8.07. The summed E-state index contributed by atoms with van der Waals surface area (Å²) in [6.45, 7) is 0.349. The maximum atomic E-state index is 11.6. The molecule has 0 saturated carbocycles. The van der Waals surface area contributed by atoms with Gasteiger partial charge in [-0.3, -0.25) is 4.79 Å². The molecule has 5 heteroatoms. The van der Waals surface area contributed by atoms with E-state index in [1.807, 2.05) is 0 Å². The van der Waals surface area contributed by atoms with Crippen molar-refractivity contribution >= 4 is 17.4 Å². The van der Waals surface area contributed by atoms with Crippen molar-refractivity contribution in [2.24, 2.45) is 0 Å². The molecule has 0 aromatic carbocycles. The van der Waals surface area contributed by atoms with Gasteiger partial charge in [-0.1, -0.05) is 0 Å². The van der Waals surface area contributed by atoms with Crippen LogP contribution in [0, 0.1) is 0 Å². The second-order valence-corrected chi connectivity index (χ2v) is 3.23. The van der Waals surface area contributed by atoms with Gasteiger partial charge in [0, 0.05) is 31.8 Å². The molecule has 0 aliphatic rings. The minimum absolute atomic E-state index is 0.00713. The molecule has 1 heterocycles. The number of imidazole rings is 1. The highest BCUT2D eigenvalue weighted by atomic mass is 35.5. The van der Waals surface area contributed by atoms with E-state index < -0.39 is 0 Å². The first kappa shape index (κ1) is 11.2. The van der Waals surface area contributed by atoms with Gasteiger partial charge in [0.15, 0.2) is 11.6 Å². The molecular formula is C9H13ClN2O2. The van der Waals surface area contributed by atoms with E-state index in [1.165, 1.54) is 0 Å². The van der Waals surface area contributed by atoms with Gasteiger partial charge in [-0.25, -0.2) is 4.98 Å². The molecule has 0 unspecified atom stereocenters. The van der Waals surface area contributed by atoms with E-state index in [0.717, 1.165) is 0 Å². The van der Waals surface area contributed by atoms with Gasteiger partial charge in [0.25, 0.3) is 0 Å². The molecule has 1 rings (SSSR count). The van der Waals surface area contributed by atoms with Crippen LogP contribution in [0.1, 0.15) is 23.5 Å². The van der Waals surface area contributed by atoms with Gasteiger partial charge in [0.2, 0.25) is 0 Å². The van der Waals surface area contributed by atoms with Crippen molar-refractivity contribution in [3.8, 4) is 0 Å². The minimum Gasteiger partial charge on any atom is -0.364 e. The Morgan fingerprint density at radius 3 is 3.14 bits per heavy atom. The summed E-state index contributed by atoms with van der Waals surface area (Å²) in [5, 5.41) is 0. The molecule has 0 radical (unpaired) electrons. The topological polar surface area (TPSA) is 44.1 Å². The van der Waals surface area contributed by atoms with Crippen molar-refractivity contribution in [3.63, 3.8) is 0 Å². The lowest BCUT2D eigenvalue weighted by Gasteiger charge is -2.04. The monoisotopic (exact) mass is 216 g/mol. The standard InChI is InChI=1S/C9H13ClN2O2/c1-14-7-12-6-5-11-9(12)8(13)3-2-4-10/h5-6H,2-4,7H2,1H3. The Morgan fingerprint density at radius 2 is 2.50 bits per heavy atom. The summed E-state index contributed by atoms with van der Waals surface area (Å²) in [6, 6.07) is 0. The molecule has 14 heavy (non-hydrogen) atoms. The Labute approximate surface area is 87.8 Å². The van der Waals surface area contributed by atoms with E-state index >= 15 is 0 Å². The first-order valence-electron chi connectivity index (χ1n) is 4.39. The third-order valence-electron chi connectivity index (χ3n) is 1.77. The van der Waals surface area contributed by atoms with Gasteiger partial charge in [-0.15, -0.1) is 11.6 Å². The van der Waals surface area contributed by atoms with Crippen LogP contribution in [0.5, 0.6) is 0 Å². The number of carbonyl (C=O) groups is 1. The number of halogens is 1. The van der Waals surface area contributed by atoms with Crippen LogP contribution < -0.4 is 0 Å². The first-order chi connectivity index (χ1) is 6.79. The zero-order chi connectivity index (χ0) is 10.4. The number of methoxy groups -OCH3 is 1. The van der Waals surface area contributed by atoms with Gasteiger partial charge < -0.3 is 9.30 Å². The predicted molar refractivity (Wildman–Crippen MR) is 53.5 cm³/mol. The molecular weight excluding hydrogens is 204 g/mol. The number of hydrogen-bond donors (Lipinski definition) is 0. The van der Waals surface area contributed by atoms with Crippen LogP contribution in [0.25, 0.3) is 0 Å². The van der Waals surface area contributed by atoms with Gasteiger partial charge in [0.1, 0.15) is 6.73 Å². The summed E-state index contributed by atoms with van der Waals surface area (Å²) in [5.74, 6) is 0.946. The highest BCUT2D eigenvalue weighted by Crippen LogP contribution is 2.04. The van der Waals surface area contributed by atoms with Crippen LogP contribution in [0.3, 0.4) is 0 Å². The van der Waals surface area contributed by atoms with Gasteiger partial charge in [0.05, 0.1) is 0 Å². The Balaban J connectivity index is 2.63. The molecule has 78 valence electrons. The number of alkyl halides is 1. The van der Waals surface area contributed by atoms with Gasteiger partial charge in [-0.05, 0) is 6.42 Å². The number of nitrogens with zero attached hydrogens (tertiary/aromatic N) is 2.